The van der Waals surface area contributed by atoms with Crippen molar-refractivity contribution in [2.45, 2.75) is 0 Å². The van der Waals surface area contributed by atoms with Crippen LogP contribution in [0.15, 0.2) is 78.9 Å². The van der Waals surface area contributed by atoms with E-state index in [0.717, 1.165) is 28.2 Å². The average Bonchev–Trinajstić information content (AvgIpc) is 3.14. The summed E-state index contributed by atoms with van der Waals surface area (Å²) in [5, 5.41) is 17.0. The molecule has 3 aromatic carbocycles. The molecule has 0 spiro atoms. The summed E-state index contributed by atoms with van der Waals surface area (Å²) >= 11 is 12.0. The van der Waals surface area contributed by atoms with Gasteiger partial charge in [-0.3, -0.25) is 10.1 Å². The van der Waals surface area contributed by atoms with Gasteiger partial charge in [-0.25, -0.2) is 4.68 Å². The first-order valence-electron chi connectivity index (χ1n) is 8.38. The van der Waals surface area contributed by atoms with Crippen molar-refractivity contribution in [1.29, 1.82) is 0 Å². The molecule has 0 aliphatic rings. The van der Waals surface area contributed by atoms with Gasteiger partial charge in [-0.2, -0.15) is 5.10 Å². The summed E-state index contributed by atoms with van der Waals surface area (Å²) < 4.78 is 1.76. The summed E-state index contributed by atoms with van der Waals surface area (Å²) in [6, 6.07) is 23.1. The number of non-ortho nitro benzene ring substituents is 1. The molecule has 0 radical (unpaired) electrons. The van der Waals surface area contributed by atoms with Gasteiger partial charge in [0.15, 0.2) is 0 Å². The molecule has 5 nitrogen and oxygen atoms in total. The van der Waals surface area contributed by atoms with Gasteiger partial charge in [0.05, 0.1) is 22.0 Å². The van der Waals surface area contributed by atoms with E-state index in [1.165, 1.54) is 12.1 Å². The largest absolute Gasteiger partial charge is 0.269 e. The molecule has 0 unspecified atom stereocenters. The molecule has 0 aliphatic carbocycles. The van der Waals surface area contributed by atoms with Crippen molar-refractivity contribution < 1.29 is 4.92 Å². The van der Waals surface area contributed by atoms with Crippen molar-refractivity contribution in [3.8, 4) is 28.2 Å². The topological polar surface area (TPSA) is 61.0 Å². The Kier molecular flexibility index (Phi) is 4.86. The normalized spacial score (nSPS) is 10.8. The highest BCUT2D eigenvalue weighted by Crippen LogP contribution is 2.30. The molecule has 0 aliphatic heterocycles. The van der Waals surface area contributed by atoms with E-state index >= 15 is 0 Å². The highest BCUT2D eigenvalue weighted by molar-refractivity contribution is 6.30. The zero-order chi connectivity index (χ0) is 19.7. The lowest BCUT2D eigenvalue weighted by Crippen LogP contribution is -1.99. The van der Waals surface area contributed by atoms with Crippen LogP contribution in [0.4, 0.5) is 5.69 Å². The predicted molar refractivity (Wildman–Crippen MR) is 111 cm³/mol. The minimum atomic E-state index is -0.424. The van der Waals surface area contributed by atoms with Crippen molar-refractivity contribution in [3.05, 3.63) is 99.0 Å². The Bertz CT molecular complexity index is 1140. The third-order valence-corrected chi connectivity index (χ3v) is 4.80. The van der Waals surface area contributed by atoms with Gasteiger partial charge in [-0.1, -0.05) is 47.5 Å². The zero-order valence-corrected chi connectivity index (χ0v) is 15.9. The predicted octanol–water partition coefficient (Wildman–Crippen LogP) is 6.42. The number of benzene rings is 3. The molecule has 0 amide bonds. The van der Waals surface area contributed by atoms with Crippen LogP contribution in [0.1, 0.15) is 0 Å². The molecule has 7 heteroatoms. The van der Waals surface area contributed by atoms with Gasteiger partial charge in [0, 0.05) is 33.3 Å². The van der Waals surface area contributed by atoms with Crippen LogP contribution >= 0.6 is 23.2 Å². The Balaban J connectivity index is 1.86. The monoisotopic (exact) mass is 409 g/mol. The molecule has 1 aromatic heterocycles. The smallest absolute Gasteiger partial charge is 0.258 e. The summed E-state index contributed by atoms with van der Waals surface area (Å²) in [4.78, 5) is 10.5. The first-order chi connectivity index (χ1) is 13.5. The molecule has 0 atom stereocenters. The number of nitro groups is 1. The first-order valence-corrected chi connectivity index (χ1v) is 9.13. The summed E-state index contributed by atoms with van der Waals surface area (Å²) in [5.41, 5.74) is 4.20. The second-order valence-corrected chi connectivity index (χ2v) is 6.99. The van der Waals surface area contributed by atoms with Crippen LogP contribution in [0.2, 0.25) is 10.0 Å². The molecule has 4 aromatic rings. The fourth-order valence-corrected chi connectivity index (χ4v) is 3.13. The number of aromatic nitrogens is 2. The molecular weight excluding hydrogens is 397 g/mol. The quantitative estimate of drug-likeness (QED) is 0.288. The van der Waals surface area contributed by atoms with E-state index in [4.69, 9.17) is 28.3 Å². The van der Waals surface area contributed by atoms with Crippen molar-refractivity contribution in [2.24, 2.45) is 0 Å². The highest BCUT2D eigenvalue weighted by atomic mass is 35.5. The molecule has 4 rings (SSSR count). The molecule has 138 valence electrons. The zero-order valence-electron chi connectivity index (χ0n) is 14.4. The first kappa shape index (κ1) is 18.2. The van der Waals surface area contributed by atoms with Crippen molar-refractivity contribution in [1.82, 2.24) is 9.78 Å². The third kappa shape index (κ3) is 3.63. The fraction of sp³-hybridized carbons (Fsp3) is 0. The van der Waals surface area contributed by atoms with E-state index in [1.807, 2.05) is 54.6 Å². The Morgan fingerprint density at radius 3 is 1.86 bits per heavy atom. The van der Waals surface area contributed by atoms with Gasteiger partial charge in [-0.15, -0.1) is 0 Å². The van der Waals surface area contributed by atoms with Crippen molar-refractivity contribution >= 4 is 28.9 Å². The number of halogens is 2. The summed E-state index contributed by atoms with van der Waals surface area (Å²) in [6.07, 6.45) is 0. The standard InChI is InChI=1S/C21H13Cl2N3O2/c22-16-5-1-14(2-6-16)20-13-21(15-3-7-17(23)8-4-15)25(24-20)18-9-11-19(12-10-18)26(27)28/h1-13H. The van der Waals surface area contributed by atoms with Crippen molar-refractivity contribution in [2.75, 3.05) is 0 Å². The second-order valence-electron chi connectivity index (χ2n) is 6.11. The van der Waals surface area contributed by atoms with Gasteiger partial charge in [0.25, 0.3) is 5.69 Å². The number of nitrogens with zero attached hydrogens (tertiary/aromatic N) is 3. The van der Waals surface area contributed by atoms with Crippen LogP contribution in [0, 0.1) is 10.1 Å². The Labute approximate surface area is 170 Å². The van der Waals surface area contributed by atoms with E-state index in [1.54, 1.807) is 16.8 Å². The number of hydrogen-bond acceptors (Lipinski definition) is 3. The molecule has 0 fully saturated rings. The molecule has 1 heterocycles. The number of hydrogen-bond donors (Lipinski definition) is 0. The van der Waals surface area contributed by atoms with Crippen LogP contribution in [0.5, 0.6) is 0 Å². The lowest BCUT2D eigenvalue weighted by molar-refractivity contribution is -0.384. The maximum Gasteiger partial charge on any atom is 0.269 e. The summed E-state index contributed by atoms with van der Waals surface area (Å²) in [7, 11) is 0. The van der Waals surface area contributed by atoms with Crippen LogP contribution in [0.3, 0.4) is 0 Å². The summed E-state index contributed by atoms with van der Waals surface area (Å²) in [5.74, 6) is 0. The van der Waals surface area contributed by atoms with Gasteiger partial charge in [0.1, 0.15) is 0 Å². The SMILES string of the molecule is O=[N+]([O-])c1ccc(-n2nc(-c3ccc(Cl)cc3)cc2-c2ccc(Cl)cc2)cc1. The molecule has 0 saturated heterocycles. The van der Waals surface area contributed by atoms with E-state index in [0.29, 0.717) is 10.0 Å². The molecular formula is C21H13Cl2N3O2. The summed E-state index contributed by atoms with van der Waals surface area (Å²) in [6.45, 7) is 0. The lowest BCUT2D eigenvalue weighted by Gasteiger charge is -2.07. The second kappa shape index (κ2) is 7.46. The lowest BCUT2D eigenvalue weighted by atomic mass is 10.1. The molecule has 0 bridgehead atoms. The molecule has 0 N–H and O–H groups in total. The average molecular weight is 410 g/mol. The Hall–Kier alpha value is -3.15. The maximum atomic E-state index is 10.9. The van der Waals surface area contributed by atoms with E-state index < -0.39 is 4.92 Å². The maximum absolute atomic E-state index is 10.9. The minimum Gasteiger partial charge on any atom is -0.258 e. The van der Waals surface area contributed by atoms with Crippen LogP contribution in [0.25, 0.3) is 28.2 Å². The number of rotatable bonds is 4. The van der Waals surface area contributed by atoms with Gasteiger partial charge in [-0.05, 0) is 42.5 Å². The number of nitro benzene ring substituents is 1. The van der Waals surface area contributed by atoms with Gasteiger partial charge < -0.3 is 0 Å². The van der Waals surface area contributed by atoms with Crippen molar-refractivity contribution in [3.63, 3.8) is 0 Å². The van der Waals surface area contributed by atoms with Gasteiger partial charge in [0.2, 0.25) is 0 Å². The third-order valence-electron chi connectivity index (χ3n) is 4.29. The minimum absolute atomic E-state index is 0.0295. The van der Waals surface area contributed by atoms with E-state index in [-0.39, 0.29) is 5.69 Å². The van der Waals surface area contributed by atoms with E-state index in [9.17, 15) is 10.1 Å². The van der Waals surface area contributed by atoms with E-state index in [2.05, 4.69) is 0 Å². The molecule has 28 heavy (non-hydrogen) atoms. The van der Waals surface area contributed by atoms with Crippen LogP contribution < -0.4 is 0 Å². The molecule has 0 saturated carbocycles. The highest BCUT2D eigenvalue weighted by Gasteiger charge is 2.14. The van der Waals surface area contributed by atoms with Crippen LogP contribution in [-0.2, 0) is 0 Å². The Morgan fingerprint density at radius 1 is 0.786 bits per heavy atom. The van der Waals surface area contributed by atoms with Gasteiger partial charge >= 0.3 is 0 Å². The Morgan fingerprint density at radius 2 is 1.32 bits per heavy atom. The fourth-order valence-electron chi connectivity index (χ4n) is 2.88. The van der Waals surface area contributed by atoms with Crippen LogP contribution in [-0.4, -0.2) is 14.7 Å².